The number of amides is 3. The van der Waals surface area contributed by atoms with Gasteiger partial charge in [0.15, 0.2) is 0 Å². The number of rotatable bonds is 6. The SMILES string of the molecule is COc1cc(N)c(Cl)cc1C(=O)NC1CCN(CCN2C(=O)c3ccccc3C2=O)CC1.O=C(O)C(F)(F)F. The molecule has 4 rings (SSSR count). The summed E-state index contributed by atoms with van der Waals surface area (Å²) >= 11 is 6.07. The van der Waals surface area contributed by atoms with Gasteiger partial charge in [-0.2, -0.15) is 13.2 Å². The number of aliphatic carboxylic acids is 1. The molecule has 0 bridgehead atoms. The van der Waals surface area contributed by atoms with E-state index < -0.39 is 12.1 Å². The van der Waals surface area contributed by atoms with Crippen LogP contribution < -0.4 is 15.8 Å². The second kappa shape index (κ2) is 12.3. The van der Waals surface area contributed by atoms with Crippen LogP contribution in [-0.2, 0) is 4.79 Å². The number of ether oxygens (including phenoxy) is 1. The molecule has 0 aromatic heterocycles. The van der Waals surface area contributed by atoms with Crippen LogP contribution in [0.2, 0.25) is 5.02 Å². The fraction of sp³-hybridized carbons (Fsp3) is 0.360. The third kappa shape index (κ3) is 7.18. The zero-order valence-electron chi connectivity index (χ0n) is 20.8. The van der Waals surface area contributed by atoms with Crippen molar-refractivity contribution in [3.8, 4) is 5.75 Å². The predicted molar refractivity (Wildman–Crippen MR) is 135 cm³/mol. The molecule has 3 amide bonds. The van der Waals surface area contributed by atoms with Crippen LogP contribution in [0, 0.1) is 0 Å². The Kier molecular flexibility index (Phi) is 9.41. The second-order valence-electron chi connectivity index (χ2n) is 8.77. The highest BCUT2D eigenvalue weighted by Crippen LogP contribution is 2.29. The average Bonchev–Trinajstić information content (AvgIpc) is 3.14. The van der Waals surface area contributed by atoms with Crippen LogP contribution in [0.3, 0.4) is 0 Å². The molecular formula is C25H26ClF3N4O6. The van der Waals surface area contributed by atoms with Gasteiger partial charge in [-0.1, -0.05) is 23.7 Å². The van der Waals surface area contributed by atoms with Crippen molar-refractivity contribution in [2.75, 3.05) is 39.0 Å². The van der Waals surface area contributed by atoms with Crippen molar-refractivity contribution in [1.82, 2.24) is 15.1 Å². The van der Waals surface area contributed by atoms with Crippen LogP contribution >= 0.6 is 11.6 Å². The van der Waals surface area contributed by atoms with Crippen LogP contribution in [0.1, 0.15) is 43.9 Å². The summed E-state index contributed by atoms with van der Waals surface area (Å²) in [6.45, 7) is 2.47. The highest BCUT2D eigenvalue weighted by atomic mass is 35.5. The molecule has 10 nitrogen and oxygen atoms in total. The van der Waals surface area contributed by atoms with Gasteiger partial charge in [0.05, 0.1) is 34.5 Å². The number of likely N-dealkylation sites (tertiary alicyclic amines) is 1. The fourth-order valence-corrected chi connectivity index (χ4v) is 4.33. The number of nitrogens with one attached hydrogen (secondary N) is 1. The number of carboxylic acids is 1. The molecule has 2 heterocycles. The monoisotopic (exact) mass is 570 g/mol. The maximum absolute atomic E-state index is 12.7. The Bertz CT molecular complexity index is 1230. The van der Waals surface area contributed by atoms with Crippen molar-refractivity contribution >= 4 is 41.0 Å². The van der Waals surface area contributed by atoms with Crippen molar-refractivity contribution in [2.24, 2.45) is 0 Å². The molecule has 1 fully saturated rings. The molecule has 2 aliphatic rings. The molecule has 4 N–H and O–H groups in total. The number of imide groups is 1. The number of alkyl halides is 3. The molecule has 0 saturated carbocycles. The Morgan fingerprint density at radius 3 is 2.13 bits per heavy atom. The zero-order valence-corrected chi connectivity index (χ0v) is 21.5. The zero-order chi connectivity index (χ0) is 28.9. The van der Waals surface area contributed by atoms with Gasteiger partial charge in [-0.25, -0.2) is 4.79 Å². The fourth-order valence-electron chi connectivity index (χ4n) is 4.16. The van der Waals surface area contributed by atoms with E-state index in [0.29, 0.717) is 46.2 Å². The Morgan fingerprint density at radius 2 is 1.64 bits per heavy atom. The number of carbonyl (C=O) groups excluding carboxylic acids is 3. The number of nitrogens with two attached hydrogens (primary N) is 1. The largest absolute Gasteiger partial charge is 0.496 e. The molecule has 2 aromatic rings. The minimum atomic E-state index is -5.08. The van der Waals surface area contributed by atoms with Crippen LogP contribution in [0.5, 0.6) is 5.75 Å². The summed E-state index contributed by atoms with van der Waals surface area (Å²) in [4.78, 5) is 50.1. The maximum atomic E-state index is 12.7. The number of methoxy groups -OCH3 is 1. The van der Waals surface area contributed by atoms with Crippen molar-refractivity contribution in [2.45, 2.75) is 25.1 Å². The van der Waals surface area contributed by atoms with Crippen molar-refractivity contribution < 1.29 is 42.2 Å². The summed E-state index contributed by atoms with van der Waals surface area (Å²) in [6.07, 6.45) is -3.56. The van der Waals surface area contributed by atoms with E-state index in [9.17, 15) is 27.6 Å². The number of carboxylic acid groups (broad SMARTS) is 1. The summed E-state index contributed by atoms with van der Waals surface area (Å²) in [5.74, 6) is -3.10. The lowest BCUT2D eigenvalue weighted by Crippen LogP contribution is -2.47. The Hall–Kier alpha value is -3.84. The third-order valence-electron chi connectivity index (χ3n) is 6.25. The molecule has 39 heavy (non-hydrogen) atoms. The van der Waals surface area contributed by atoms with E-state index in [1.54, 1.807) is 30.3 Å². The van der Waals surface area contributed by atoms with Crippen LogP contribution in [0.4, 0.5) is 18.9 Å². The quantitative estimate of drug-likeness (QED) is 0.355. The van der Waals surface area contributed by atoms with E-state index in [1.807, 2.05) is 0 Å². The first-order chi connectivity index (χ1) is 18.3. The maximum Gasteiger partial charge on any atom is 0.490 e. The Labute approximate surface area is 226 Å². The van der Waals surface area contributed by atoms with Gasteiger partial charge in [0.25, 0.3) is 17.7 Å². The first-order valence-electron chi connectivity index (χ1n) is 11.7. The first-order valence-corrected chi connectivity index (χ1v) is 12.1. The number of fused-ring (bicyclic) bond motifs is 1. The molecule has 1 saturated heterocycles. The molecule has 0 unspecified atom stereocenters. The van der Waals surface area contributed by atoms with Crippen LogP contribution in [0.25, 0.3) is 0 Å². The number of nitrogen functional groups attached to an aromatic ring is 1. The molecule has 14 heteroatoms. The van der Waals surface area contributed by atoms with E-state index in [4.69, 9.17) is 32.0 Å². The van der Waals surface area contributed by atoms with Crippen LogP contribution in [0.15, 0.2) is 36.4 Å². The van der Waals surface area contributed by atoms with Gasteiger partial charge < -0.3 is 25.8 Å². The number of carbonyl (C=O) groups is 4. The second-order valence-corrected chi connectivity index (χ2v) is 9.18. The summed E-state index contributed by atoms with van der Waals surface area (Å²) in [7, 11) is 1.48. The Morgan fingerprint density at radius 1 is 1.10 bits per heavy atom. The number of benzene rings is 2. The molecule has 0 radical (unpaired) electrons. The standard InChI is InChI=1S/C23H25ClN4O4.C2HF3O2/c1-32-20-13-19(25)18(24)12-17(20)21(29)26-14-6-8-27(9-7-14)10-11-28-22(30)15-4-2-3-5-16(15)23(28)31;3-2(4,5)1(6)7/h2-5,12-14H,6-11,25H2,1H3,(H,26,29);(H,6,7). The van der Waals surface area contributed by atoms with E-state index in [0.717, 1.165) is 25.9 Å². The van der Waals surface area contributed by atoms with Crippen molar-refractivity contribution in [3.63, 3.8) is 0 Å². The van der Waals surface area contributed by atoms with E-state index in [2.05, 4.69) is 10.2 Å². The van der Waals surface area contributed by atoms with E-state index in [-0.39, 0.29) is 23.8 Å². The summed E-state index contributed by atoms with van der Waals surface area (Å²) < 4.78 is 37.0. The number of piperidine rings is 1. The topological polar surface area (TPSA) is 142 Å². The first kappa shape index (κ1) is 29.7. The van der Waals surface area contributed by atoms with Gasteiger partial charge in [0.1, 0.15) is 5.75 Å². The molecule has 0 spiro atoms. The summed E-state index contributed by atoms with van der Waals surface area (Å²) in [5.41, 5.74) is 7.43. The number of hydrogen-bond acceptors (Lipinski definition) is 7. The van der Waals surface area contributed by atoms with Crippen molar-refractivity contribution in [1.29, 1.82) is 0 Å². The summed E-state index contributed by atoms with van der Waals surface area (Å²) in [6, 6.07) is 9.97. The Balaban J connectivity index is 0.000000532. The predicted octanol–water partition coefficient (Wildman–Crippen LogP) is 3.05. The molecule has 2 aromatic carbocycles. The third-order valence-corrected chi connectivity index (χ3v) is 6.57. The molecule has 0 atom stereocenters. The number of anilines is 1. The smallest absolute Gasteiger partial charge is 0.490 e. The van der Waals surface area contributed by atoms with Gasteiger partial charge in [-0.05, 0) is 31.0 Å². The highest BCUT2D eigenvalue weighted by Gasteiger charge is 2.38. The van der Waals surface area contributed by atoms with Gasteiger partial charge in [0, 0.05) is 38.3 Å². The molecule has 2 aliphatic heterocycles. The average molecular weight is 571 g/mol. The van der Waals surface area contributed by atoms with Crippen molar-refractivity contribution in [3.05, 3.63) is 58.1 Å². The van der Waals surface area contributed by atoms with Gasteiger partial charge in [-0.15, -0.1) is 0 Å². The molecule has 0 aliphatic carbocycles. The molecular weight excluding hydrogens is 545 g/mol. The van der Waals surface area contributed by atoms with Crippen LogP contribution in [-0.4, -0.2) is 84.1 Å². The molecule has 210 valence electrons. The normalized spacial score (nSPS) is 15.9. The van der Waals surface area contributed by atoms with E-state index in [1.165, 1.54) is 18.1 Å². The lowest BCUT2D eigenvalue weighted by molar-refractivity contribution is -0.192. The minimum absolute atomic E-state index is 0.0130. The number of halogens is 4. The van der Waals surface area contributed by atoms with Gasteiger partial charge in [-0.3, -0.25) is 19.3 Å². The summed E-state index contributed by atoms with van der Waals surface area (Å²) in [5, 5.41) is 10.5. The number of hydrogen-bond donors (Lipinski definition) is 3. The number of nitrogens with zero attached hydrogens (tertiary/aromatic N) is 2. The lowest BCUT2D eigenvalue weighted by atomic mass is 10.0. The van der Waals surface area contributed by atoms with E-state index >= 15 is 0 Å². The van der Waals surface area contributed by atoms with Gasteiger partial charge in [0.2, 0.25) is 0 Å². The lowest BCUT2D eigenvalue weighted by Gasteiger charge is -2.33. The van der Waals surface area contributed by atoms with Gasteiger partial charge >= 0.3 is 12.1 Å². The minimum Gasteiger partial charge on any atom is -0.496 e. The highest BCUT2D eigenvalue weighted by molar-refractivity contribution is 6.33.